The molecule has 0 fully saturated rings. The van der Waals surface area contributed by atoms with Gasteiger partial charge in [-0.3, -0.25) is 9.59 Å². The maximum absolute atomic E-state index is 11.8. The van der Waals surface area contributed by atoms with Crippen molar-refractivity contribution in [3.8, 4) is 0 Å². The van der Waals surface area contributed by atoms with Crippen LogP contribution in [-0.2, 0) is 9.59 Å². The second-order valence-electron chi connectivity index (χ2n) is 3.85. The van der Waals surface area contributed by atoms with Crippen LogP contribution in [0.1, 0.15) is 36.0 Å². The summed E-state index contributed by atoms with van der Waals surface area (Å²) < 4.78 is 0. The Hall–Kier alpha value is -2.01. The number of hydrazine groups is 1. The van der Waals surface area contributed by atoms with E-state index in [4.69, 9.17) is 5.84 Å². The lowest BCUT2D eigenvalue weighted by Crippen LogP contribution is -2.42. The Morgan fingerprint density at radius 2 is 1.83 bits per heavy atom. The maximum atomic E-state index is 11.8. The van der Waals surface area contributed by atoms with Gasteiger partial charge in [-0.15, -0.1) is 0 Å². The number of unbranched alkanes of at least 4 members (excludes halogenated alkanes) is 2. The van der Waals surface area contributed by atoms with Crippen LogP contribution in [0.25, 0.3) is 0 Å². The van der Waals surface area contributed by atoms with Crippen LogP contribution in [0.4, 0.5) is 0 Å². The molecule has 1 aromatic carbocycles. The molecule has 0 saturated heterocycles. The third-order valence-electron chi connectivity index (χ3n) is 2.47. The van der Waals surface area contributed by atoms with Crippen molar-refractivity contribution in [1.29, 1.82) is 0 Å². The van der Waals surface area contributed by atoms with Gasteiger partial charge in [0.05, 0.1) is 0 Å². The Balaban J connectivity index is 2.48. The zero-order valence-corrected chi connectivity index (χ0v) is 10.0. The molecule has 18 heavy (non-hydrogen) atoms. The molecule has 96 valence electrons. The van der Waals surface area contributed by atoms with Crippen molar-refractivity contribution in [2.75, 3.05) is 0 Å². The Kier molecular flexibility index (Phi) is 5.73. The first kappa shape index (κ1) is 14.1. The molecule has 0 bridgehead atoms. The van der Waals surface area contributed by atoms with E-state index in [-0.39, 0.29) is 6.42 Å². The second-order valence-corrected chi connectivity index (χ2v) is 3.85. The topological polar surface area (TPSA) is 80.5 Å². The summed E-state index contributed by atoms with van der Waals surface area (Å²) in [4.78, 5) is 33.5. The maximum Gasteiger partial charge on any atom is 0.274 e. The van der Waals surface area contributed by atoms with Gasteiger partial charge in [0.15, 0.2) is 0 Å². The van der Waals surface area contributed by atoms with Crippen LogP contribution >= 0.6 is 0 Å². The number of carbonyl (C=O) groups is 3. The van der Waals surface area contributed by atoms with Gasteiger partial charge < -0.3 is 4.79 Å². The van der Waals surface area contributed by atoms with Crippen molar-refractivity contribution in [3.05, 3.63) is 35.9 Å². The van der Waals surface area contributed by atoms with Crippen molar-refractivity contribution in [2.45, 2.75) is 25.7 Å². The number of imide groups is 1. The third kappa shape index (κ3) is 4.10. The molecule has 5 nitrogen and oxygen atoms in total. The summed E-state index contributed by atoms with van der Waals surface area (Å²) in [6.45, 7) is 0. The smallest absolute Gasteiger partial charge is 0.274 e. The Morgan fingerprint density at radius 3 is 2.44 bits per heavy atom. The van der Waals surface area contributed by atoms with Gasteiger partial charge in [-0.1, -0.05) is 18.2 Å². The van der Waals surface area contributed by atoms with Crippen molar-refractivity contribution >= 4 is 18.1 Å². The van der Waals surface area contributed by atoms with Gasteiger partial charge in [0.2, 0.25) is 5.91 Å². The van der Waals surface area contributed by atoms with E-state index in [1.165, 1.54) is 0 Å². The van der Waals surface area contributed by atoms with Gasteiger partial charge in [-0.05, 0) is 25.0 Å². The lowest BCUT2D eigenvalue weighted by Gasteiger charge is -2.14. The van der Waals surface area contributed by atoms with E-state index in [9.17, 15) is 14.4 Å². The number of hydrogen-bond acceptors (Lipinski definition) is 4. The predicted molar refractivity (Wildman–Crippen MR) is 66.3 cm³/mol. The summed E-state index contributed by atoms with van der Waals surface area (Å²) in [6, 6.07) is 8.38. The van der Waals surface area contributed by atoms with Crippen molar-refractivity contribution in [2.24, 2.45) is 5.84 Å². The van der Waals surface area contributed by atoms with Gasteiger partial charge in [-0.2, -0.15) is 0 Å². The number of aldehydes is 1. The fourth-order valence-electron chi connectivity index (χ4n) is 1.46. The van der Waals surface area contributed by atoms with E-state index in [1.54, 1.807) is 30.3 Å². The average molecular weight is 248 g/mol. The number of nitrogens with two attached hydrogens (primary N) is 1. The van der Waals surface area contributed by atoms with E-state index < -0.39 is 11.8 Å². The highest BCUT2D eigenvalue weighted by Gasteiger charge is 2.18. The summed E-state index contributed by atoms with van der Waals surface area (Å²) in [5, 5.41) is 0.635. The van der Waals surface area contributed by atoms with E-state index in [0.717, 1.165) is 6.29 Å². The second kappa shape index (κ2) is 7.34. The quantitative estimate of drug-likeness (QED) is 0.270. The highest BCUT2D eigenvalue weighted by molar-refractivity contribution is 6.03. The number of hydrogen-bond donors (Lipinski definition) is 1. The molecular formula is C13H16N2O3. The zero-order valence-electron chi connectivity index (χ0n) is 10.0. The minimum absolute atomic E-state index is 0.170. The molecular weight excluding hydrogens is 232 g/mol. The Morgan fingerprint density at radius 1 is 1.17 bits per heavy atom. The van der Waals surface area contributed by atoms with Crippen molar-refractivity contribution in [1.82, 2.24) is 5.01 Å². The molecule has 0 atom stereocenters. The third-order valence-corrected chi connectivity index (χ3v) is 2.47. The molecule has 0 aromatic heterocycles. The lowest BCUT2D eigenvalue weighted by molar-refractivity contribution is -0.129. The van der Waals surface area contributed by atoms with Crippen LogP contribution in [0.15, 0.2) is 30.3 Å². The lowest BCUT2D eigenvalue weighted by atomic mass is 10.1. The number of carbonyl (C=O) groups excluding carboxylic acids is 3. The molecule has 0 aliphatic rings. The minimum atomic E-state index is -0.518. The summed E-state index contributed by atoms with van der Waals surface area (Å²) >= 11 is 0. The first-order valence-corrected chi connectivity index (χ1v) is 5.77. The monoisotopic (exact) mass is 248 g/mol. The van der Waals surface area contributed by atoms with Crippen molar-refractivity contribution in [3.63, 3.8) is 0 Å². The Labute approximate surface area is 106 Å². The van der Waals surface area contributed by atoms with Crippen molar-refractivity contribution < 1.29 is 14.4 Å². The molecule has 1 rings (SSSR count). The molecule has 0 radical (unpaired) electrons. The highest BCUT2D eigenvalue weighted by Crippen LogP contribution is 2.05. The standard InChI is InChI=1S/C13H16N2O3/c14-15(12(17)9-5-2-6-10-16)13(18)11-7-3-1-4-8-11/h1,3-4,7-8,10H,2,5-6,9,14H2. The largest absolute Gasteiger partial charge is 0.303 e. The molecule has 1 aromatic rings. The van der Waals surface area contributed by atoms with Gasteiger partial charge in [0, 0.05) is 18.4 Å². The molecule has 0 aliphatic carbocycles. The number of amides is 2. The van der Waals surface area contributed by atoms with E-state index in [1.807, 2.05) is 0 Å². The SMILES string of the molecule is NN(C(=O)CCCCC=O)C(=O)c1ccccc1. The summed E-state index contributed by atoms with van der Waals surface area (Å²) in [5.41, 5.74) is 0.376. The van der Waals surface area contributed by atoms with Crippen LogP contribution in [0.3, 0.4) is 0 Å². The van der Waals surface area contributed by atoms with Gasteiger partial charge in [-0.25, -0.2) is 10.9 Å². The fourth-order valence-corrected chi connectivity index (χ4v) is 1.46. The number of rotatable bonds is 6. The van der Waals surface area contributed by atoms with Crippen LogP contribution in [0.2, 0.25) is 0 Å². The van der Waals surface area contributed by atoms with Crippen LogP contribution in [0, 0.1) is 0 Å². The molecule has 0 unspecified atom stereocenters. The minimum Gasteiger partial charge on any atom is -0.303 e. The first-order chi connectivity index (χ1) is 8.66. The fraction of sp³-hybridized carbons (Fsp3) is 0.308. The normalized spacial score (nSPS) is 9.83. The first-order valence-electron chi connectivity index (χ1n) is 5.77. The van der Waals surface area contributed by atoms with Gasteiger partial charge in [0.1, 0.15) is 6.29 Å². The van der Waals surface area contributed by atoms with Crippen LogP contribution < -0.4 is 5.84 Å². The summed E-state index contributed by atoms with van der Waals surface area (Å²) in [7, 11) is 0. The van der Waals surface area contributed by atoms with E-state index in [2.05, 4.69) is 0 Å². The molecule has 2 amide bonds. The molecule has 0 heterocycles. The van der Waals surface area contributed by atoms with E-state index >= 15 is 0 Å². The van der Waals surface area contributed by atoms with Gasteiger partial charge >= 0.3 is 0 Å². The summed E-state index contributed by atoms with van der Waals surface area (Å²) in [6.07, 6.45) is 2.57. The molecule has 0 aliphatic heterocycles. The molecule has 5 heteroatoms. The number of nitrogens with zero attached hydrogens (tertiary/aromatic N) is 1. The summed E-state index contributed by atoms with van der Waals surface area (Å²) in [5.74, 6) is 4.52. The molecule has 0 saturated carbocycles. The molecule has 0 spiro atoms. The molecule has 2 N–H and O–H groups in total. The zero-order chi connectivity index (χ0) is 13.4. The predicted octanol–water partition coefficient (Wildman–Crippen LogP) is 1.29. The average Bonchev–Trinajstić information content (AvgIpc) is 2.42. The highest BCUT2D eigenvalue weighted by atomic mass is 16.2. The van der Waals surface area contributed by atoms with Gasteiger partial charge in [0.25, 0.3) is 5.91 Å². The number of benzene rings is 1. The van der Waals surface area contributed by atoms with Crippen LogP contribution in [0.5, 0.6) is 0 Å². The van der Waals surface area contributed by atoms with E-state index in [0.29, 0.717) is 29.8 Å². The van der Waals surface area contributed by atoms with Crippen LogP contribution in [-0.4, -0.2) is 23.1 Å². The Bertz CT molecular complexity index is 418.